The van der Waals surface area contributed by atoms with E-state index in [1.807, 2.05) is 19.9 Å². The summed E-state index contributed by atoms with van der Waals surface area (Å²) in [6, 6.07) is 8.37. The number of nitrogens with zero attached hydrogens (tertiary/aromatic N) is 4. The van der Waals surface area contributed by atoms with Crippen molar-refractivity contribution in [1.29, 1.82) is 0 Å². The van der Waals surface area contributed by atoms with Gasteiger partial charge in [0.2, 0.25) is 11.8 Å². The van der Waals surface area contributed by atoms with E-state index in [-0.39, 0.29) is 5.56 Å². The predicted octanol–water partition coefficient (Wildman–Crippen LogP) is 2.88. The van der Waals surface area contributed by atoms with E-state index >= 15 is 0 Å². The third-order valence-electron chi connectivity index (χ3n) is 3.36. The molecule has 0 radical (unpaired) electrons. The molecule has 2 aromatic heterocycles. The molecular weight excluding hydrogens is 337 g/mol. The van der Waals surface area contributed by atoms with Gasteiger partial charge in [0.1, 0.15) is 0 Å². The first-order chi connectivity index (χ1) is 11.7. The van der Waals surface area contributed by atoms with E-state index in [1.165, 1.54) is 0 Å². The monoisotopic (exact) mass is 350 g/mol. The summed E-state index contributed by atoms with van der Waals surface area (Å²) in [5, 5.41) is 11.6. The van der Waals surface area contributed by atoms with Crippen molar-refractivity contribution >= 4 is 11.9 Å². The fraction of sp³-hybridized carbons (Fsp3) is 0.200. The number of benzene rings is 1. The molecule has 0 fully saturated rings. The highest BCUT2D eigenvalue weighted by atomic mass is 19.4. The maximum absolute atomic E-state index is 12.4. The first kappa shape index (κ1) is 16.7. The van der Waals surface area contributed by atoms with Crippen LogP contribution >= 0.6 is 0 Å². The van der Waals surface area contributed by atoms with Crippen molar-refractivity contribution in [2.75, 3.05) is 5.32 Å². The molecule has 0 saturated heterocycles. The van der Waals surface area contributed by atoms with Gasteiger partial charge in [-0.1, -0.05) is 0 Å². The summed E-state index contributed by atoms with van der Waals surface area (Å²) in [5.41, 5.74) is 2.82. The lowest BCUT2D eigenvalue weighted by Gasteiger charge is -2.06. The molecular formula is C15H13F3N6O. The van der Waals surface area contributed by atoms with E-state index in [1.54, 1.807) is 34.0 Å². The van der Waals surface area contributed by atoms with Gasteiger partial charge in [-0.2, -0.15) is 23.3 Å². The van der Waals surface area contributed by atoms with Gasteiger partial charge < -0.3 is 0 Å². The molecule has 0 unspecified atom stereocenters. The van der Waals surface area contributed by atoms with Crippen molar-refractivity contribution in [3.63, 3.8) is 0 Å². The Morgan fingerprint density at radius 3 is 2.40 bits per heavy atom. The van der Waals surface area contributed by atoms with E-state index in [0.29, 0.717) is 0 Å². The van der Waals surface area contributed by atoms with Gasteiger partial charge in [-0.3, -0.25) is 15.2 Å². The molecule has 0 aliphatic rings. The number of nitrogens with one attached hydrogen (secondary N) is 2. The van der Waals surface area contributed by atoms with Crippen LogP contribution in [-0.4, -0.2) is 30.9 Å². The second-order valence-electron chi connectivity index (χ2n) is 5.35. The number of rotatable bonds is 3. The van der Waals surface area contributed by atoms with Crippen molar-refractivity contribution < 1.29 is 18.0 Å². The number of halogens is 3. The van der Waals surface area contributed by atoms with Crippen LogP contribution in [0.5, 0.6) is 0 Å². The standard InChI is InChI=1S/C15H13F3N6O/c1-8-7-9(2)24(23-8)11-5-3-10(4-6-11)12(25)19-14-20-13(21-22-14)15(16,17)18/h3-7H,1-2H3,(H2,19,20,21,22,25). The lowest BCUT2D eigenvalue weighted by Crippen LogP contribution is -2.13. The minimum atomic E-state index is -4.66. The zero-order valence-electron chi connectivity index (χ0n) is 13.2. The molecule has 0 aliphatic heterocycles. The van der Waals surface area contributed by atoms with Gasteiger partial charge in [0.25, 0.3) is 5.91 Å². The van der Waals surface area contributed by atoms with Crippen molar-refractivity contribution in [3.8, 4) is 5.69 Å². The Hall–Kier alpha value is -3.17. The van der Waals surface area contributed by atoms with Crippen molar-refractivity contribution in [1.82, 2.24) is 25.0 Å². The van der Waals surface area contributed by atoms with E-state index in [0.717, 1.165) is 17.1 Å². The topological polar surface area (TPSA) is 88.5 Å². The van der Waals surface area contributed by atoms with Crippen LogP contribution in [0.25, 0.3) is 5.69 Å². The molecule has 0 bridgehead atoms. The molecule has 0 saturated carbocycles. The Bertz CT molecular complexity index is 910. The Morgan fingerprint density at radius 1 is 1.20 bits per heavy atom. The SMILES string of the molecule is Cc1cc(C)n(-c2ccc(C(=O)Nc3n[nH]c(C(F)(F)F)n3)cc2)n1. The summed E-state index contributed by atoms with van der Waals surface area (Å²) >= 11 is 0. The number of alkyl halides is 3. The van der Waals surface area contributed by atoms with E-state index in [9.17, 15) is 18.0 Å². The van der Waals surface area contributed by atoms with Crippen LogP contribution in [0.4, 0.5) is 19.1 Å². The minimum Gasteiger partial charge on any atom is -0.289 e. The number of amides is 1. The maximum Gasteiger partial charge on any atom is 0.451 e. The summed E-state index contributed by atoms with van der Waals surface area (Å²) in [4.78, 5) is 15.3. The molecule has 130 valence electrons. The number of anilines is 1. The van der Waals surface area contributed by atoms with E-state index in [4.69, 9.17) is 0 Å². The first-order valence-corrected chi connectivity index (χ1v) is 7.19. The summed E-state index contributed by atoms with van der Waals surface area (Å²) in [6.45, 7) is 3.78. The van der Waals surface area contributed by atoms with E-state index < -0.39 is 23.9 Å². The number of aromatic amines is 1. The highest BCUT2D eigenvalue weighted by molar-refractivity contribution is 6.03. The third kappa shape index (κ3) is 3.52. The second-order valence-corrected chi connectivity index (χ2v) is 5.35. The molecule has 2 N–H and O–H groups in total. The molecule has 0 atom stereocenters. The number of aromatic nitrogens is 5. The highest BCUT2D eigenvalue weighted by Crippen LogP contribution is 2.26. The van der Waals surface area contributed by atoms with Gasteiger partial charge >= 0.3 is 6.18 Å². The van der Waals surface area contributed by atoms with Crippen LogP contribution in [0.2, 0.25) is 0 Å². The van der Waals surface area contributed by atoms with Crippen molar-refractivity contribution in [2.24, 2.45) is 0 Å². The second kappa shape index (κ2) is 6.04. The van der Waals surface area contributed by atoms with E-state index in [2.05, 4.69) is 20.5 Å². The van der Waals surface area contributed by atoms with Crippen LogP contribution in [0.15, 0.2) is 30.3 Å². The number of carbonyl (C=O) groups excluding carboxylic acids is 1. The Kier molecular flexibility index (Phi) is 4.03. The molecule has 3 aromatic rings. The minimum absolute atomic E-state index is 0.253. The van der Waals surface area contributed by atoms with Gasteiger partial charge in [-0.05, 0) is 44.2 Å². The Morgan fingerprint density at radius 2 is 1.88 bits per heavy atom. The van der Waals surface area contributed by atoms with Gasteiger partial charge in [0, 0.05) is 11.3 Å². The zero-order chi connectivity index (χ0) is 18.2. The quantitative estimate of drug-likeness (QED) is 0.760. The molecule has 0 aliphatic carbocycles. The summed E-state index contributed by atoms with van der Waals surface area (Å²) in [5.74, 6) is -2.34. The number of carbonyl (C=O) groups is 1. The molecule has 1 amide bonds. The predicted molar refractivity (Wildman–Crippen MR) is 82.4 cm³/mol. The molecule has 2 heterocycles. The Balaban J connectivity index is 1.75. The first-order valence-electron chi connectivity index (χ1n) is 7.19. The van der Waals surface area contributed by atoms with Gasteiger partial charge in [0.15, 0.2) is 0 Å². The van der Waals surface area contributed by atoms with Gasteiger partial charge in [-0.15, -0.1) is 5.10 Å². The third-order valence-corrected chi connectivity index (χ3v) is 3.36. The van der Waals surface area contributed by atoms with Crippen LogP contribution in [0.3, 0.4) is 0 Å². The zero-order valence-corrected chi connectivity index (χ0v) is 13.2. The van der Waals surface area contributed by atoms with Crippen LogP contribution in [0.1, 0.15) is 27.6 Å². The lowest BCUT2D eigenvalue weighted by molar-refractivity contribution is -0.144. The van der Waals surface area contributed by atoms with Gasteiger partial charge in [0.05, 0.1) is 11.4 Å². The van der Waals surface area contributed by atoms with Crippen molar-refractivity contribution in [2.45, 2.75) is 20.0 Å². The molecule has 25 heavy (non-hydrogen) atoms. The number of hydrogen-bond donors (Lipinski definition) is 2. The van der Waals surface area contributed by atoms with Crippen molar-refractivity contribution in [3.05, 3.63) is 53.1 Å². The molecule has 7 nitrogen and oxygen atoms in total. The number of aryl methyl sites for hydroxylation is 2. The highest BCUT2D eigenvalue weighted by Gasteiger charge is 2.35. The number of H-pyrrole nitrogens is 1. The normalized spacial score (nSPS) is 11.6. The smallest absolute Gasteiger partial charge is 0.289 e. The fourth-order valence-electron chi connectivity index (χ4n) is 2.26. The molecule has 10 heteroatoms. The maximum atomic E-state index is 12.4. The van der Waals surface area contributed by atoms with Crippen LogP contribution in [0, 0.1) is 13.8 Å². The number of hydrogen-bond acceptors (Lipinski definition) is 4. The largest absolute Gasteiger partial charge is 0.451 e. The van der Waals surface area contributed by atoms with Crippen LogP contribution < -0.4 is 5.32 Å². The van der Waals surface area contributed by atoms with Gasteiger partial charge in [-0.25, -0.2) is 4.68 Å². The average molecular weight is 350 g/mol. The summed E-state index contributed by atoms with van der Waals surface area (Å²) in [6.07, 6.45) is -4.66. The lowest BCUT2D eigenvalue weighted by atomic mass is 10.2. The summed E-state index contributed by atoms with van der Waals surface area (Å²) < 4.78 is 39.1. The Labute approximate surface area is 139 Å². The molecule has 3 rings (SSSR count). The fourth-order valence-corrected chi connectivity index (χ4v) is 2.26. The average Bonchev–Trinajstić information content (AvgIpc) is 3.13. The summed E-state index contributed by atoms with van der Waals surface area (Å²) in [7, 11) is 0. The molecule has 1 aromatic carbocycles. The van der Waals surface area contributed by atoms with Crippen LogP contribution in [-0.2, 0) is 6.18 Å². The molecule has 0 spiro atoms.